The molecule has 0 amide bonds. The molecule has 6 heteroatoms. The van der Waals surface area contributed by atoms with Crippen molar-refractivity contribution < 1.29 is 23.6 Å². The molecule has 1 saturated heterocycles. The number of benzene rings is 1. The Labute approximate surface area is 132 Å². The molecule has 0 bridgehead atoms. The second-order valence-corrected chi connectivity index (χ2v) is 6.27. The molecule has 1 aromatic carbocycles. The van der Waals surface area contributed by atoms with E-state index in [2.05, 4.69) is 0 Å². The van der Waals surface area contributed by atoms with Gasteiger partial charge in [0, 0.05) is 0 Å². The molecule has 0 aromatic heterocycles. The molecule has 1 fully saturated rings. The predicted molar refractivity (Wildman–Crippen MR) is 84.7 cm³/mol. The first-order valence-electron chi connectivity index (χ1n) is 7.42. The Bertz CT molecular complexity index is 552. The lowest BCUT2D eigenvalue weighted by atomic mass is 9.78. The minimum Gasteiger partial charge on any atom is -0.493 e. The third-order valence-electron chi connectivity index (χ3n) is 4.23. The van der Waals surface area contributed by atoms with Crippen molar-refractivity contribution in [1.82, 2.24) is 0 Å². The van der Waals surface area contributed by atoms with Gasteiger partial charge in [-0.1, -0.05) is 6.07 Å². The maximum atomic E-state index is 11.9. The molecule has 1 aliphatic rings. The van der Waals surface area contributed by atoms with Crippen molar-refractivity contribution in [2.45, 2.75) is 45.8 Å². The number of esters is 1. The van der Waals surface area contributed by atoms with Crippen molar-refractivity contribution in [3.05, 3.63) is 23.8 Å². The van der Waals surface area contributed by atoms with Gasteiger partial charge in [0.05, 0.1) is 24.9 Å². The van der Waals surface area contributed by atoms with E-state index < -0.39 is 24.3 Å². The fraction of sp³-hybridized carbons (Fsp3) is 0.562. The van der Waals surface area contributed by atoms with Gasteiger partial charge in [0.15, 0.2) is 0 Å². The third kappa shape index (κ3) is 2.98. The van der Waals surface area contributed by atoms with Gasteiger partial charge in [-0.3, -0.25) is 0 Å². The smallest absolute Gasteiger partial charge is 0.493 e. The quantitative estimate of drug-likeness (QED) is 0.630. The van der Waals surface area contributed by atoms with Gasteiger partial charge in [-0.05, 0) is 52.2 Å². The van der Waals surface area contributed by atoms with Crippen LogP contribution in [0.5, 0.6) is 5.75 Å². The topological polar surface area (TPSA) is 54.0 Å². The summed E-state index contributed by atoms with van der Waals surface area (Å²) in [6.45, 7) is 10.3. The first-order chi connectivity index (χ1) is 10.2. The lowest BCUT2D eigenvalue weighted by molar-refractivity contribution is 0.00578. The largest absolute Gasteiger partial charge is 0.494 e. The molecule has 2 rings (SSSR count). The van der Waals surface area contributed by atoms with E-state index in [-0.39, 0.29) is 0 Å². The van der Waals surface area contributed by atoms with E-state index in [1.165, 1.54) is 7.11 Å². The Balaban J connectivity index is 2.36. The summed E-state index contributed by atoms with van der Waals surface area (Å²) in [4.78, 5) is 11.9. The predicted octanol–water partition coefficient (Wildman–Crippen LogP) is 2.17. The highest BCUT2D eigenvalue weighted by molar-refractivity contribution is 6.62. The summed E-state index contributed by atoms with van der Waals surface area (Å²) in [6, 6.07) is 5.30. The number of carbonyl (C=O) groups excluding carboxylic acids is 1. The first-order valence-corrected chi connectivity index (χ1v) is 7.42. The fourth-order valence-corrected chi connectivity index (χ4v) is 2.22. The molecule has 0 radical (unpaired) electrons. The fourth-order valence-electron chi connectivity index (χ4n) is 2.22. The van der Waals surface area contributed by atoms with Crippen LogP contribution in [0.3, 0.4) is 0 Å². The van der Waals surface area contributed by atoms with Crippen molar-refractivity contribution in [3.63, 3.8) is 0 Å². The number of hydrogen-bond donors (Lipinski definition) is 0. The van der Waals surface area contributed by atoms with Crippen molar-refractivity contribution in [3.8, 4) is 5.75 Å². The molecule has 1 heterocycles. The average molecular weight is 306 g/mol. The van der Waals surface area contributed by atoms with E-state index in [0.717, 1.165) is 5.46 Å². The molecule has 1 aliphatic heterocycles. The monoisotopic (exact) mass is 306 g/mol. The van der Waals surface area contributed by atoms with Crippen LogP contribution in [0.4, 0.5) is 0 Å². The first kappa shape index (κ1) is 16.8. The second-order valence-electron chi connectivity index (χ2n) is 6.27. The normalized spacial score (nSPS) is 19.1. The Morgan fingerprint density at radius 1 is 1.18 bits per heavy atom. The van der Waals surface area contributed by atoms with Gasteiger partial charge in [-0.2, -0.15) is 0 Å². The minimum absolute atomic E-state index is 0.372. The van der Waals surface area contributed by atoms with Crippen LogP contribution < -0.4 is 10.2 Å². The lowest BCUT2D eigenvalue weighted by Crippen LogP contribution is -2.41. The van der Waals surface area contributed by atoms with Crippen LogP contribution in [0.2, 0.25) is 0 Å². The number of rotatable bonds is 4. The number of carbonyl (C=O) groups is 1. The van der Waals surface area contributed by atoms with Crippen LogP contribution in [-0.2, 0) is 14.0 Å². The standard InChI is InChI=1S/C16H23BO5/c1-7-20-13-9-8-11(10-12(13)14(18)19-6)17-21-15(2,3)16(4,5)22-17/h8-10H,7H2,1-6H3. The molecule has 120 valence electrons. The summed E-state index contributed by atoms with van der Waals surface area (Å²) >= 11 is 0. The number of methoxy groups -OCH3 is 1. The highest BCUT2D eigenvalue weighted by Crippen LogP contribution is 2.36. The Hall–Kier alpha value is -1.53. The molecule has 0 N–H and O–H groups in total. The van der Waals surface area contributed by atoms with Crippen LogP contribution >= 0.6 is 0 Å². The molecule has 5 nitrogen and oxygen atoms in total. The molecule has 0 atom stereocenters. The van der Waals surface area contributed by atoms with Gasteiger partial charge >= 0.3 is 13.1 Å². The Morgan fingerprint density at radius 2 is 1.77 bits per heavy atom. The van der Waals surface area contributed by atoms with Gasteiger partial charge in [-0.25, -0.2) is 4.79 Å². The molecule has 1 aromatic rings. The zero-order chi connectivity index (χ0) is 16.5. The summed E-state index contributed by atoms with van der Waals surface area (Å²) in [5, 5.41) is 0. The Kier molecular flexibility index (Phi) is 4.54. The maximum absolute atomic E-state index is 11.9. The summed E-state index contributed by atoms with van der Waals surface area (Å²) in [5.74, 6) is 0.0523. The minimum atomic E-state index is -0.524. The van der Waals surface area contributed by atoms with Crippen molar-refractivity contribution in [2.75, 3.05) is 13.7 Å². The molecular weight excluding hydrogens is 283 g/mol. The van der Waals surface area contributed by atoms with Crippen LogP contribution in [-0.4, -0.2) is 38.0 Å². The van der Waals surface area contributed by atoms with Crippen molar-refractivity contribution in [1.29, 1.82) is 0 Å². The Morgan fingerprint density at radius 3 is 2.27 bits per heavy atom. The highest BCUT2D eigenvalue weighted by atomic mass is 16.7. The zero-order valence-corrected chi connectivity index (χ0v) is 14.1. The maximum Gasteiger partial charge on any atom is 0.494 e. The average Bonchev–Trinajstić information content (AvgIpc) is 2.67. The number of hydrogen-bond acceptors (Lipinski definition) is 5. The van der Waals surface area contributed by atoms with E-state index in [4.69, 9.17) is 18.8 Å². The molecule has 0 spiro atoms. The third-order valence-corrected chi connectivity index (χ3v) is 4.23. The van der Waals surface area contributed by atoms with E-state index >= 15 is 0 Å². The summed E-state index contributed by atoms with van der Waals surface area (Å²) in [7, 11) is 0.823. The van der Waals surface area contributed by atoms with Gasteiger partial charge in [-0.15, -0.1) is 0 Å². The van der Waals surface area contributed by atoms with Crippen LogP contribution in [0.1, 0.15) is 45.0 Å². The lowest BCUT2D eigenvalue weighted by Gasteiger charge is -2.32. The van der Waals surface area contributed by atoms with Crippen LogP contribution in [0.15, 0.2) is 18.2 Å². The summed E-state index contributed by atoms with van der Waals surface area (Å²) in [6.07, 6.45) is 0. The van der Waals surface area contributed by atoms with E-state index in [1.54, 1.807) is 12.1 Å². The van der Waals surface area contributed by atoms with Gasteiger partial charge < -0.3 is 18.8 Å². The molecule has 22 heavy (non-hydrogen) atoms. The summed E-state index contributed by atoms with van der Waals surface area (Å²) in [5.41, 5.74) is 0.280. The van der Waals surface area contributed by atoms with E-state index in [0.29, 0.717) is 17.9 Å². The molecule has 0 aliphatic carbocycles. The highest BCUT2D eigenvalue weighted by Gasteiger charge is 2.51. The van der Waals surface area contributed by atoms with E-state index in [1.807, 2.05) is 40.7 Å². The van der Waals surface area contributed by atoms with Crippen LogP contribution in [0, 0.1) is 0 Å². The van der Waals surface area contributed by atoms with Gasteiger partial charge in [0.25, 0.3) is 0 Å². The summed E-state index contributed by atoms with van der Waals surface area (Å²) < 4.78 is 22.3. The van der Waals surface area contributed by atoms with Crippen molar-refractivity contribution in [2.24, 2.45) is 0 Å². The SMILES string of the molecule is CCOc1ccc(B2OC(C)(C)C(C)(C)O2)cc1C(=O)OC. The van der Waals surface area contributed by atoms with Crippen molar-refractivity contribution >= 4 is 18.6 Å². The van der Waals surface area contributed by atoms with Gasteiger partial charge in [0.2, 0.25) is 0 Å². The second kappa shape index (κ2) is 5.93. The zero-order valence-electron chi connectivity index (χ0n) is 14.1. The van der Waals surface area contributed by atoms with E-state index in [9.17, 15) is 4.79 Å². The molecule has 0 unspecified atom stereocenters. The van der Waals surface area contributed by atoms with Crippen LogP contribution in [0.25, 0.3) is 0 Å². The molecule has 0 saturated carbocycles. The van der Waals surface area contributed by atoms with Gasteiger partial charge in [0.1, 0.15) is 11.3 Å². The number of ether oxygens (including phenoxy) is 2. The molecular formula is C16H23BO5.